The van der Waals surface area contributed by atoms with Crippen LogP contribution >= 0.6 is 11.3 Å². The standard InChI is InChI=1S/C17H22N2O3S/c1-16(2,21)10-18-14(20)15-19-12(11-8-6-5-7-9-11)13(23-15)17(3,4)22/h5-9,21-22H,10H2,1-4H3,(H,18,20). The van der Waals surface area contributed by atoms with Gasteiger partial charge in [-0.2, -0.15) is 0 Å². The summed E-state index contributed by atoms with van der Waals surface area (Å²) >= 11 is 1.17. The fraction of sp³-hybridized carbons (Fsp3) is 0.412. The highest BCUT2D eigenvalue weighted by molar-refractivity contribution is 7.14. The molecule has 2 rings (SSSR count). The van der Waals surface area contributed by atoms with E-state index < -0.39 is 11.2 Å². The Morgan fingerprint density at radius 1 is 1.17 bits per heavy atom. The molecule has 0 atom stereocenters. The van der Waals surface area contributed by atoms with Crippen LogP contribution in [0.4, 0.5) is 0 Å². The van der Waals surface area contributed by atoms with Crippen LogP contribution in [0.15, 0.2) is 30.3 Å². The summed E-state index contributed by atoms with van der Waals surface area (Å²) in [5.74, 6) is -0.357. The van der Waals surface area contributed by atoms with Gasteiger partial charge in [0.25, 0.3) is 5.91 Å². The summed E-state index contributed by atoms with van der Waals surface area (Å²) in [4.78, 5) is 17.3. The number of aromatic nitrogens is 1. The van der Waals surface area contributed by atoms with E-state index in [2.05, 4.69) is 10.3 Å². The van der Waals surface area contributed by atoms with Crippen LogP contribution in [-0.4, -0.2) is 33.3 Å². The molecule has 0 saturated heterocycles. The number of thiazole rings is 1. The summed E-state index contributed by atoms with van der Waals surface area (Å²) < 4.78 is 0. The molecule has 1 amide bonds. The molecule has 1 heterocycles. The van der Waals surface area contributed by atoms with Gasteiger partial charge < -0.3 is 15.5 Å². The van der Waals surface area contributed by atoms with Crippen molar-refractivity contribution in [3.05, 3.63) is 40.2 Å². The molecule has 6 heteroatoms. The van der Waals surface area contributed by atoms with E-state index in [9.17, 15) is 15.0 Å². The maximum Gasteiger partial charge on any atom is 0.280 e. The van der Waals surface area contributed by atoms with Gasteiger partial charge in [-0.15, -0.1) is 11.3 Å². The van der Waals surface area contributed by atoms with Gasteiger partial charge in [0, 0.05) is 12.1 Å². The smallest absolute Gasteiger partial charge is 0.280 e. The molecule has 2 aromatic rings. The molecule has 0 bridgehead atoms. The van der Waals surface area contributed by atoms with Crippen LogP contribution in [0.25, 0.3) is 11.3 Å². The largest absolute Gasteiger partial charge is 0.389 e. The lowest BCUT2D eigenvalue weighted by molar-refractivity contribution is 0.0694. The van der Waals surface area contributed by atoms with Crippen molar-refractivity contribution >= 4 is 17.2 Å². The SMILES string of the molecule is CC(C)(O)CNC(=O)c1nc(-c2ccccc2)c(C(C)(C)O)s1. The third-order valence-corrected chi connectivity index (χ3v) is 4.47. The number of rotatable bonds is 5. The van der Waals surface area contributed by atoms with E-state index in [4.69, 9.17) is 0 Å². The lowest BCUT2D eigenvalue weighted by Gasteiger charge is -2.17. The predicted octanol–water partition coefficient (Wildman–Crippen LogP) is 2.54. The van der Waals surface area contributed by atoms with Crippen molar-refractivity contribution in [2.24, 2.45) is 0 Å². The second-order valence-corrected chi connectivity index (χ2v) is 7.62. The Bertz CT molecular complexity index is 682. The molecule has 0 aliphatic heterocycles. The summed E-state index contributed by atoms with van der Waals surface area (Å²) in [5, 5.41) is 23.0. The number of aliphatic hydroxyl groups is 2. The van der Waals surface area contributed by atoms with Crippen molar-refractivity contribution in [2.45, 2.75) is 38.9 Å². The molecular weight excluding hydrogens is 312 g/mol. The summed E-state index contributed by atoms with van der Waals surface area (Å²) in [7, 11) is 0. The molecule has 0 radical (unpaired) electrons. The first kappa shape index (κ1) is 17.6. The third kappa shape index (κ3) is 4.60. The molecular formula is C17H22N2O3S. The zero-order chi connectivity index (χ0) is 17.3. The Balaban J connectivity index is 2.37. The predicted molar refractivity (Wildman–Crippen MR) is 91.4 cm³/mol. The fourth-order valence-corrected chi connectivity index (χ4v) is 3.00. The van der Waals surface area contributed by atoms with Crippen molar-refractivity contribution in [1.82, 2.24) is 10.3 Å². The van der Waals surface area contributed by atoms with Gasteiger partial charge in [-0.25, -0.2) is 4.98 Å². The molecule has 0 aliphatic rings. The average Bonchev–Trinajstić information content (AvgIpc) is 2.90. The van der Waals surface area contributed by atoms with Crippen LogP contribution in [0, 0.1) is 0 Å². The molecule has 0 spiro atoms. The van der Waals surface area contributed by atoms with Crippen LogP contribution in [0.3, 0.4) is 0 Å². The summed E-state index contributed by atoms with van der Waals surface area (Å²) in [6.07, 6.45) is 0. The van der Waals surface area contributed by atoms with Crippen molar-refractivity contribution in [2.75, 3.05) is 6.54 Å². The minimum Gasteiger partial charge on any atom is -0.389 e. The first-order valence-corrected chi connectivity index (χ1v) is 8.19. The third-order valence-electron chi connectivity index (χ3n) is 3.11. The molecule has 5 nitrogen and oxygen atoms in total. The van der Waals surface area contributed by atoms with Gasteiger partial charge in [-0.1, -0.05) is 30.3 Å². The molecule has 124 valence electrons. The second-order valence-electron chi connectivity index (χ2n) is 6.62. The van der Waals surface area contributed by atoms with Gasteiger partial charge in [0.1, 0.15) is 0 Å². The van der Waals surface area contributed by atoms with E-state index in [1.165, 1.54) is 11.3 Å². The summed E-state index contributed by atoms with van der Waals surface area (Å²) in [6.45, 7) is 6.71. The Morgan fingerprint density at radius 2 is 1.78 bits per heavy atom. The van der Waals surface area contributed by atoms with E-state index in [-0.39, 0.29) is 17.5 Å². The van der Waals surface area contributed by atoms with Gasteiger partial charge in [0.2, 0.25) is 0 Å². The van der Waals surface area contributed by atoms with Gasteiger partial charge in [0.05, 0.1) is 21.8 Å². The first-order chi connectivity index (χ1) is 10.6. The van der Waals surface area contributed by atoms with Crippen LogP contribution in [0.5, 0.6) is 0 Å². The van der Waals surface area contributed by atoms with E-state index in [0.717, 1.165) is 5.56 Å². The van der Waals surface area contributed by atoms with Crippen molar-refractivity contribution in [3.8, 4) is 11.3 Å². The summed E-state index contributed by atoms with van der Waals surface area (Å²) in [6, 6.07) is 9.45. The molecule has 0 saturated carbocycles. The number of nitrogens with zero attached hydrogens (tertiary/aromatic N) is 1. The van der Waals surface area contributed by atoms with Crippen LogP contribution in [0.2, 0.25) is 0 Å². The molecule has 0 aliphatic carbocycles. The van der Waals surface area contributed by atoms with E-state index in [1.807, 2.05) is 30.3 Å². The maximum absolute atomic E-state index is 12.3. The van der Waals surface area contributed by atoms with Crippen LogP contribution < -0.4 is 5.32 Å². The average molecular weight is 334 g/mol. The lowest BCUT2D eigenvalue weighted by atomic mass is 10.0. The van der Waals surface area contributed by atoms with E-state index >= 15 is 0 Å². The number of nitrogens with one attached hydrogen (secondary N) is 1. The zero-order valence-corrected chi connectivity index (χ0v) is 14.6. The van der Waals surface area contributed by atoms with Gasteiger partial charge in [0.15, 0.2) is 5.01 Å². The van der Waals surface area contributed by atoms with Gasteiger partial charge in [-0.3, -0.25) is 4.79 Å². The Labute approximate surface area is 140 Å². The highest BCUT2D eigenvalue weighted by Crippen LogP contribution is 2.36. The van der Waals surface area contributed by atoms with Crippen LogP contribution in [0.1, 0.15) is 42.4 Å². The number of carbonyl (C=O) groups excluding carboxylic acids is 1. The van der Waals surface area contributed by atoms with Gasteiger partial charge >= 0.3 is 0 Å². The van der Waals surface area contributed by atoms with E-state index in [1.54, 1.807) is 27.7 Å². The van der Waals surface area contributed by atoms with Crippen molar-refractivity contribution < 1.29 is 15.0 Å². The van der Waals surface area contributed by atoms with Crippen molar-refractivity contribution in [3.63, 3.8) is 0 Å². The maximum atomic E-state index is 12.3. The molecule has 1 aromatic carbocycles. The number of amides is 1. The zero-order valence-electron chi connectivity index (χ0n) is 13.8. The second kappa shape index (κ2) is 6.39. The summed E-state index contributed by atoms with van der Waals surface area (Å²) in [5.41, 5.74) is -0.634. The Morgan fingerprint density at radius 3 is 2.30 bits per heavy atom. The van der Waals surface area contributed by atoms with Crippen molar-refractivity contribution in [1.29, 1.82) is 0 Å². The quantitative estimate of drug-likeness (QED) is 0.785. The monoisotopic (exact) mass is 334 g/mol. The molecule has 0 fully saturated rings. The van der Waals surface area contributed by atoms with E-state index in [0.29, 0.717) is 10.6 Å². The molecule has 23 heavy (non-hydrogen) atoms. The Hall–Kier alpha value is -1.76. The number of hydrogen-bond acceptors (Lipinski definition) is 5. The minimum atomic E-state index is -1.10. The molecule has 3 N–H and O–H groups in total. The lowest BCUT2D eigenvalue weighted by Crippen LogP contribution is -2.38. The normalized spacial score (nSPS) is 12.3. The minimum absolute atomic E-state index is 0.129. The number of hydrogen-bond donors (Lipinski definition) is 3. The Kier molecular flexibility index (Phi) is 4.89. The number of benzene rings is 1. The molecule has 1 aromatic heterocycles. The fourth-order valence-electron chi connectivity index (χ4n) is 2.00. The highest BCUT2D eigenvalue weighted by Gasteiger charge is 2.28. The highest BCUT2D eigenvalue weighted by atomic mass is 32.1. The van der Waals surface area contributed by atoms with Gasteiger partial charge in [-0.05, 0) is 27.7 Å². The number of carbonyl (C=O) groups is 1. The molecule has 0 unspecified atom stereocenters. The van der Waals surface area contributed by atoms with Crippen LogP contribution in [-0.2, 0) is 5.60 Å². The first-order valence-electron chi connectivity index (χ1n) is 7.37. The topological polar surface area (TPSA) is 82.5 Å².